The van der Waals surface area contributed by atoms with Crippen molar-refractivity contribution in [1.82, 2.24) is 3.11 Å². The van der Waals surface area contributed by atoms with Gasteiger partial charge in [-0.05, 0) is 39.0 Å². The lowest BCUT2D eigenvalue weighted by Crippen LogP contribution is -2.54. The Labute approximate surface area is 83.0 Å². The highest BCUT2D eigenvalue weighted by molar-refractivity contribution is 14.1. The van der Waals surface area contributed by atoms with Crippen LogP contribution in [0.25, 0.3) is 0 Å². The van der Waals surface area contributed by atoms with Gasteiger partial charge in [0.25, 0.3) is 0 Å². The Morgan fingerprint density at radius 3 is 2.36 bits per heavy atom. The molecule has 1 nitrogen and oxygen atoms in total. The molecule has 0 amide bonds. The molecule has 0 radical (unpaired) electrons. The SMILES string of the molecule is CC1CCCC2(CCC2)N1I. The molecule has 2 heteroatoms. The van der Waals surface area contributed by atoms with Crippen molar-refractivity contribution < 1.29 is 0 Å². The van der Waals surface area contributed by atoms with Crippen LogP contribution in [0, 0.1) is 0 Å². The topological polar surface area (TPSA) is 3.24 Å². The first-order chi connectivity index (χ1) is 5.25. The molecular formula is C9H16IN. The molecule has 0 N–H and O–H groups in total. The second kappa shape index (κ2) is 2.87. The van der Waals surface area contributed by atoms with Gasteiger partial charge < -0.3 is 0 Å². The number of nitrogens with zero attached hydrogens (tertiary/aromatic N) is 1. The van der Waals surface area contributed by atoms with Crippen LogP contribution < -0.4 is 0 Å². The number of rotatable bonds is 0. The summed E-state index contributed by atoms with van der Waals surface area (Å²) in [6.45, 7) is 2.37. The third-order valence-corrected chi connectivity index (χ3v) is 5.36. The zero-order valence-corrected chi connectivity index (χ0v) is 9.30. The van der Waals surface area contributed by atoms with Gasteiger partial charge in [-0.3, -0.25) is 0 Å². The van der Waals surface area contributed by atoms with Crippen LogP contribution in [-0.4, -0.2) is 14.7 Å². The Hall–Kier alpha value is 0.690. The van der Waals surface area contributed by atoms with E-state index in [4.69, 9.17) is 0 Å². The van der Waals surface area contributed by atoms with E-state index >= 15 is 0 Å². The summed E-state index contributed by atoms with van der Waals surface area (Å²) in [6.07, 6.45) is 8.71. The van der Waals surface area contributed by atoms with Gasteiger partial charge in [0, 0.05) is 34.4 Å². The molecule has 0 bridgehead atoms. The molecule has 1 aliphatic heterocycles. The van der Waals surface area contributed by atoms with Crippen LogP contribution in [0.3, 0.4) is 0 Å². The smallest absolute Gasteiger partial charge is 0.0308 e. The average molecular weight is 265 g/mol. The van der Waals surface area contributed by atoms with E-state index in [1.54, 1.807) is 0 Å². The van der Waals surface area contributed by atoms with Crippen molar-refractivity contribution >= 4 is 22.9 Å². The summed E-state index contributed by atoms with van der Waals surface area (Å²) in [6, 6.07) is 0.824. The number of hydrogen-bond acceptors (Lipinski definition) is 1. The normalized spacial score (nSPS) is 37.1. The first kappa shape index (κ1) is 8.30. The Balaban J connectivity index is 2.07. The molecule has 1 spiro atoms. The van der Waals surface area contributed by atoms with Crippen LogP contribution >= 0.6 is 22.9 Å². The highest BCUT2D eigenvalue weighted by atomic mass is 127. The van der Waals surface area contributed by atoms with Crippen LogP contribution in [-0.2, 0) is 0 Å². The third kappa shape index (κ3) is 1.22. The van der Waals surface area contributed by atoms with Gasteiger partial charge in [0.1, 0.15) is 0 Å². The zero-order valence-electron chi connectivity index (χ0n) is 7.15. The van der Waals surface area contributed by atoms with E-state index in [1.165, 1.54) is 38.5 Å². The van der Waals surface area contributed by atoms with E-state index in [-0.39, 0.29) is 0 Å². The summed E-state index contributed by atoms with van der Waals surface area (Å²) in [5, 5.41) is 0. The molecule has 2 aliphatic rings. The van der Waals surface area contributed by atoms with Crippen molar-refractivity contribution in [2.24, 2.45) is 0 Å². The number of hydrogen-bond donors (Lipinski definition) is 0. The second-order valence-electron chi connectivity index (χ2n) is 4.13. The lowest BCUT2D eigenvalue weighted by atomic mass is 9.71. The summed E-state index contributed by atoms with van der Waals surface area (Å²) in [7, 11) is 0. The molecule has 64 valence electrons. The Morgan fingerprint density at radius 1 is 1.27 bits per heavy atom. The molecule has 0 aromatic heterocycles. The Bertz CT molecular complexity index is 154. The molecule has 1 saturated carbocycles. The highest BCUT2D eigenvalue weighted by Crippen LogP contribution is 2.47. The predicted octanol–water partition coefficient (Wildman–Crippen LogP) is 3.13. The van der Waals surface area contributed by atoms with Crippen LogP contribution in [0.4, 0.5) is 0 Å². The van der Waals surface area contributed by atoms with E-state index in [0.29, 0.717) is 5.54 Å². The second-order valence-corrected chi connectivity index (χ2v) is 5.17. The monoisotopic (exact) mass is 265 g/mol. The fraction of sp³-hybridized carbons (Fsp3) is 1.00. The van der Waals surface area contributed by atoms with E-state index in [9.17, 15) is 0 Å². The molecule has 0 aromatic rings. The van der Waals surface area contributed by atoms with Gasteiger partial charge in [-0.15, -0.1) is 0 Å². The maximum Gasteiger partial charge on any atom is 0.0308 e. The fourth-order valence-electron chi connectivity index (χ4n) is 2.46. The van der Waals surface area contributed by atoms with Gasteiger partial charge in [0.05, 0.1) is 0 Å². The van der Waals surface area contributed by atoms with Crippen molar-refractivity contribution in [3.8, 4) is 0 Å². The largest absolute Gasteiger partial charge is 0.239 e. The molecule has 2 rings (SSSR count). The summed E-state index contributed by atoms with van der Waals surface area (Å²) < 4.78 is 2.61. The van der Waals surface area contributed by atoms with Gasteiger partial charge in [-0.2, -0.15) is 0 Å². The molecule has 1 saturated heterocycles. The van der Waals surface area contributed by atoms with Crippen LogP contribution in [0.2, 0.25) is 0 Å². The minimum atomic E-state index is 0.651. The van der Waals surface area contributed by atoms with E-state index in [1.807, 2.05) is 0 Å². The summed E-state index contributed by atoms with van der Waals surface area (Å²) in [4.78, 5) is 0. The van der Waals surface area contributed by atoms with E-state index in [0.717, 1.165) is 6.04 Å². The molecule has 2 fully saturated rings. The molecule has 1 unspecified atom stereocenters. The van der Waals surface area contributed by atoms with Gasteiger partial charge in [0.2, 0.25) is 0 Å². The van der Waals surface area contributed by atoms with Crippen molar-refractivity contribution in [3.05, 3.63) is 0 Å². The molecular weight excluding hydrogens is 249 g/mol. The molecule has 1 aliphatic carbocycles. The van der Waals surface area contributed by atoms with Crippen LogP contribution in [0.15, 0.2) is 0 Å². The molecule has 1 heterocycles. The van der Waals surface area contributed by atoms with Crippen molar-refractivity contribution in [2.45, 2.75) is 57.0 Å². The standard InChI is InChI=1S/C9H16IN/c1-8-4-2-5-9(11(8)10)6-3-7-9/h8H,2-7H2,1H3. The summed E-state index contributed by atoms with van der Waals surface area (Å²) >= 11 is 2.55. The first-order valence-corrected chi connectivity index (χ1v) is 5.66. The van der Waals surface area contributed by atoms with Crippen LogP contribution in [0.5, 0.6) is 0 Å². The Kier molecular flexibility index (Phi) is 2.17. The van der Waals surface area contributed by atoms with Crippen molar-refractivity contribution in [3.63, 3.8) is 0 Å². The lowest BCUT2D eigenvalue weighted by Gasteiger charge is -2.53. The average Bonchev–Trinajstić information content (AvgIpc) is 1.91. The first-order valence-electron chi connectivity index (χ1n) is 4.70. The fourth-order valence-corrected chi connectivity index (χ4v) is 3.46. The van der Waals surface area contributed by atoms with Gasteiger partial charge >= 0.3 is 0 Å². The van der Waals surface area contributed by atoms with Gasteiger partial charge in [-0.1, -0.05) is 6.42 Å². The molecule has 11 heavy (non-hydrogen) atoms. The predicted molar refractivity (Wildman–Crippen MR) is 55.8 cm³/mol. The van der Waals surface area contributed by atoms with Gasteiger partial charge in [0.15, 0.2) is 0 Å². The maximum absolute atomic E-state index is 2.61. The molecule has 1 atom stereocenters. The zero-order chi connectivity index (χ0) is 7.90. The lowest BCUT2D eigenvalue weighted by molar-refractivity contribution is 0.0445. The minimum absolute atomic E-state index is 0.651. The van der Waals surface area contributed by atoms with Gasteiger partial charge in [-0.25, -0.2) is 3.11 Å². The number of piperidine rings is 1. The minimum Gasteiger partial charge on any atom is -0.239 e. The van der Waals surface area contributed by atoms with Crippen molar-refractivity contribution in [2.75, 3.05) is 0 Å². The summed E-state index contributed by atoms with van der Waals surface area (Å²) in [5.41, 5.74) is 0.651. The van der Waals surface area contributed by atoms with E-state index < -0.39 is 0 Å². The third-order valence-electron chi connectivity index (χ3n) is 3.39. The molecule has 0 aromatic carbocycles. The van der Waals surface area contributed by atoms with E-state index in [2.05, 4.69) is 32.9 Å². The highest BCUT2D eigenvalue weighted by Gasteiger charge is 2.45. The Morgan fingerprint density at radius 2 is 1.91 bits per heavy atom. The number of halogens is 1. The van der Waals surface area contributed by atoms with Crippen molar-refractivity contribution in [1.29, 1.82) is 0 Å². The maximum atomic E-state index is 2.61. The van der Waals surface area contributed by atoms with Crippen LogP contribution in [0.1, 0.15) is 45.4 Å². The quantitative estimate of drug-likeness (QED) is 0.480. The summed E-state index contributed by atoms with van der Waals surface area (Å²) in [5.74, 6) is 0.